The lowest BCUT2D eigenvalue weighted by molar-refractivity contribution is 0.0535. The molecule has 0 aliphatic carbocycles. The third-order valence-electron chi connectivity index (χ3n) is 4.46. The van der Waals surface area contributed by atoms with Crippen molar-refractivity contribution in [1.29, 1.82) is 0 Å². The Balaban J connectivity index is 1.58. The fourth-order valence-electron chi connectivity index (χ4n) is 2.98. The number of carbonyl (C=O) groups is 2. The first kappa shape index (κ1) is 18.4. The van der Waals surface area contributed by atoms with E-state index < -0.39 is 0 Å². The van der Waals surface area contributed by atoms with E-state index in [-0.39, 0.29) is 11.8 Å². The van der Waals surface area contributed by atoms with E-state index in [1.807, 2.05) is 24.3 Å². The Bertz CT molecular complexity index is 767. The van der Waals surface area contributed by atoms with Gasteiger partial charge in [-0.2, -0.15) is 0 Å². The molecule has 0 atom stereocenters. The number of halogens is 1. The SMILES string of the molecule is COCc1ccc(C(=O)N2CCN(C(=O)c3ccc(Cl)cc3)CC2)cc1. The van der Waals surface area contributed by atoms with Gasteiger partial charge in [0.15, 0.2) is 0 Å². The molecule has 1 fully saturated rings. The molecule has 26 heavy (non-hydrogen) atoms. The molecule has 1 aliphatic heterocycles. The predicted molar refractivity (Wildman–Crippen MR) is 100 cm³/mol. The minimum atomic E-state index is -0.0299. The Hall–Kier alpha value is -2.37. The van der Waals surface area contributed by atoms with Crippen molar-refractivity contribution in [3.05, 3.63) is 70.2 Å². The zero-order valence-electron chi connectivity index (χ0n) is 14.7. The van der Waals surface area contributed by atoms with Gasteiger partial charge in [-0.15, -0.1) is 0 Å². The molecule has 3 rings (SSSR count). The second kappa shape index (κ2) is 8.34. The lowest BCUT2D eigenvalue weighted by Gasteiger charge is -2.35. The van der Waals surface area contributed by atoms with Gasteiger partial charge in [0.05, 0.1) is 6.61 Å². The summed E-state index contributed by atoms with van der Waals surface area (Å²) in [6, 6.07) is 14.3. The highest BCUT2D eigenvalue weighted by molar-refractivity contribution is 6.30. The van der Waals surface area contributed by atoms with Crippen molar-refractivity contribution in [1.82, 2.24) is 9.80 Å². The molecular weight excluding hydrogens is 352 g/mol. The average molecular weight is 373 g/mol. The Morgan fingerprint density at radius 2 is 1.27 bits per heavy atom. The molecule has 0 bridgehead atoms. The molecule has 1 heterocycles. The first-order chi connectivity index (χ1) is 12.6. The number of benzene rings is 2. The summed E-state index contributed by atoms with van der Waals surface area (Å²) in [5.41, 5.74) is 2.30. The average Bonchev–Trinajstić information content (AvgIpc) is 2.68. The highest BCUT2D eigenvalue weighted by Crippen LogP contribution is 2.15. The second-order valence-electron chi connectivity index (χ2n) is 6.22. The maximum Gasteiger partial charge on any atom is 0.253 e. The lowest BCUT2D eigenvalue weighted by atomic mass is 10.1. The summed E-state index contributed by atoms with van der Waals surface area (Å²) < 4.78 is 5.08. The van der Waals surface area contributed by atoms with Gasteiger partial charge < -0.3 is 14.5 Å². The van der Waals surface area contributed by atoms with Gasteiger partial charge in [-0.05, 0) is 42.0 Å². The summed E-state index contributed by atoms with van der Waals surface area (Å²) >= 11 is 5.87. The van der Waals surface area contributed by atoms with E-state index in [4.69, 9.17) is 16.3 Å². The molecule has 0 radical (unpaired) electrons. The standard InChI is InChI=1S/C20H21ClN2O3/c1-26-14-15-2-4-16(5-3-15)19(24)22-10-12-23(13-11-22)20(25)17-6-8-18(21)9-7-17/h2-9H,10-14H2,1H3. The monoisotopic (exact) mass is 372 g/mol. The van der Waals surface area contributed by atoms with Gasteiger partial charge >= 0.3 is 0 Å². The first-order valence-electron chi connectivity index (χ1n) is 8.50. The smallest absolute Gasteiger partial charge is 0.253 e. The number of hydrogen-bond acceptors (Lipinski definition) is 3. The Morgan fingerprint density at radius 3 is 1.69 bits per heavy atom. The van der Waals surface area contributed by atoms with Gasteiger partial charge in [-0.1, -0.05) is 23.7 Å². The number of amides is 2. The molecule has 1 saturated heterocycles. The molecule has 0 saturated carbocycles. The molecule has 0 spiro atoms. The van der Waals surface area contributed by atoms with Crippen LogP contribution in [-0.4, -0.2) is 54.9 Å². The molecule has 2 amide bonds. The molecule has 1 aliphatic rings. The minimum absolute atomic E-state index is 0.00689. The van der Waals surface area contributed by atoms with Crippen LogP contribution < -0.4 is 0 Å². The molecular formula is C20H21ClN2O3. The summed E-state index contributed by atoms with van der Waals surface area (Å²) in [5, 5.41) is 0.605. The number of piperazine rings is 1. The van der Waals surface area contributed by atoms with Crippen LogP contribution in [0.1, 0.15) is 26.3 Å². The number of rotatable bonds is 4. The number of methoxy groups -OCH3 is 1. The van der Waals surface area contributed by atoms with Crippen molar-refractivity contribution in [2.24, 2.45) is 0 Å². The molecule has 0 unspecified atom stereocenters. The molecule has 0 aromatic heterocycles. The van der Waals surface area contributed by atoms with Crippen molar-refractivity contribution < 1.29 is 14.3 Å². The van der Waals surface area contributed by atoms with Crippen LogP contribution in [0, 0.1) is 0 Å². The summed E-state index contributed by atoms with van der Waals surface area (Å²) in [4.78, 5) is 28.7. The number of carbonyl (C=O) groups excluding carboxylic acids is 2. The van der Waals surface area contributed by atoms with E-state index in [0.717, 1.165) is 5.56 Å². The molecule has 136 valence electrons. The topological polar surface area (TPSA) is 49.9 Å². The van der Waals surface area contributed by atoms with Crippen LogP contribution in [0.4, 0.5) is 0 Å². The summed E-state index contributed by atoms with van der Waals surface area (Å²) in [6.07, 6.45) is 0. The van der Waals surface area contributed by atoms with Gasteiger partial charge in [0.2, 0.25) is 0 Å². The van der Waals surface area contributed by atoms with E-state index in [1.54, 1.807) is 41.2 Å². The van der Waals surface area contributed by atoms with Crippen LogP contribution in [0.25, 0.3) is 0 Å². The zero-order valence-corrected chi connectivity index (χ0v) is 15.4. The second-order valence-corrected chi connectivity index (χ2v) is 6.66. The predicted octanol–water partition coefficient (Wildman–Crippen LogP) is 3.08. The van der Waals surface area contributed by atoms with E-state index >= 15 is 0 Å². The maximum atomic E-state index is 12.6. The Labute approximate surface area is 158 Å². The van der Waals surface area contributed by atoms with E-state index in [0.29, 0.717) is 48.9 Å². The van der Waals surface area contributed by atoms with Crippen LogP contribution in [-0.2, 0) is 11.3 Å². The molecule has 2 aromatic rings. The molecule has 6 heteroatoms. The van der Waals surface area contributed by atoms with Crippen molar-refractivity contribution in [3.63, 3.8) is 0 Å². The number of nitrogens with zero attached hydrogens (tertiary/aromatic N) is 2. The highest BCUT2D eigenvalue weighted by atomic mass is 35.5. The number of hydrogen-bond donors (Lipinski definition) is 0. The minimum Gasteiger partial charge on any atom is -0.380 e. The summed E-state index contributed by atoms with van der Waals surface area (Å²) in [7, 11) is 1.64. The normalized spacial score (nSPS) is 14.4. The summed E-state index contributed by atoms with van der Waals surface area (Å²) in [6.45, 7) is 2.62. The van der Waals surface area contributed by atoms with Gasteiger partial charge in [-0.25, -0.2) is 0 Å². The first-order valence-corrected chi connectivity index (χ1v) is 8.88. The lowest BCUT2D eigenvalue weighted by Crippen LogP contribution is -2.50. The summed E-state index contributed by atoms with van der Waals surface area (Å²) in [5.74, 6) is -0.0368. The van der Waals surface area contributed by atoms with Crippen LogP contribution in [0.5, 0.6) is 0 Å². The number of ether oxygens (including phenoxy) is 1. The van der Waals surface area contributed by atoms with Gasteiger partial charge in [0.25, 0.3) is 11.8 Å². The van der Waals surface area contributed by atoms with Crippen molar-refractivity contribution in [2.45, 2.75) is 6.61 Å². The van der Waals surface area contributed by atoms with Crippen LogP contribution in [0.15, 0.2) is 48.5 Å². The van der Waals surface area contributed by atoms with Gasteiger partial charge in [0.1, 0.15) is 0 Å². The molecule has 5 nitrogen and oxygen atoms in total. The fraction of sp³-hybridized carbons (Fsp3) is 0.300. The van der Waals surface area contributed by atoms with Crippen LogP contribution in [0.3, 0.4) is 0 Å². The zero-order chi connectivity index (χ0) is 18.5. The highest BCUT2D eigenvalue weighted by Gasteiger charge is 2.25. The van der Waals surface area contributed by atoms with E-state index in [9.17, 15) is 9.59 Å². The van der Waals surface area contributed by atoms with Gasteiger partial charge in [0, 0.05) is 49.4 Å². The van der Waals surface area contributed by atoms with Crippen molar-refractivity contribution in [2.75, 3.05) is 33.3 Å². The fourth-order valence-corrected chi connectivity index (χ4v) is 3.11. The maximum absolute atomic E-state index is 12.6. The van der Waals surface area contributed by atoms with Crippen LogP contribution >= 0.6 is 11.6 Å². The largest absolute Gasteiger partial charge is 0.380 e. The Morgan fingerprint density at radius 1 is 0.846 bits per heavy atom. The van der Waals surface area contributed by atoms with Crippen LogP contribution in [0.2, 0.25) is 5.02 Å². The molecule has 2 aromatic carbocycles. The van der Waals surface area contributed by atoms with Crippen molar-refractivity contribution >= 4 is 23.4 Å². The third-order valence-corrected chi connectivity index (χ3v) is 4.71. The van der Waals surface area contributed by atoms with E-state index in [2.05, 4.69) is 0 Å². The van der Waals surface area contributed by atoms with E-state index in [1.165, 1.54) is 0 Å². The quantitative estimate of drug-likeness (QED) is 0.828. The molecule has 0 N–H and O–H groups in total. The van der Waals surface area contributed by atoms with Crippen molar-refractivity contribution in [3.8, 4) is 0 Å². The Kier molecular flexibility index (Phi) is 5.91. The third kappa shape index (κ3) is 4.23. The van der Waals surface area contributed by atoms with Gasteiger partial charge in [-0.3, -0.25) is 9.59 Å².